The normalized spacial score (nSPS) is 11.8. The summed E-state index contributed by atoms with van der Waals surface area (Å²) in [6.45, 7) is 3.22. The molecule has 0 aliphatic heterocycles. The maximum Gasteiger partial charge on any atom is 0.419 e. The minimum atomic E-state index is -4.48. The molecule has 0 saturated carbocycles. The van der Waals surface area contributed by atoms with Crippen LogP contribution < -0.4 is 0 Å². The van der Waals surface area contributed by atoms with E-state index in [2.05, 4.69) is 0 Å². The molecule has 0 saturated heterocycles. The molecule has 0 atom stereocenters. The van der Waals surface area contributed by atoms with Crippen LogP contribution in [0.3, 0.4) is 0 Å². The van der Waals surface area contributed by atoms with E-state index in [-0.39, 0.29) is 0 Å². The Hall–Kier alpha value is -1.19. The molecule has 0 radical (unpaired) electrons. The number of benzene rings is 1. The third kappa shape index (κ3) is 1.94. The SMILES string of the molecule is Cc1cc(O)c(C(F)(F)F)cc1C. The van der Waals surface area contributed by atoms with Crippen LogP contribution in [0.25, 0.3) is 0 Å². The van der Waals surface area contributed by atoms with Crippen LogP contribution in [0.1, 0.15) is 16.7 Å². The number of alkyl halides is 3. The van der Waals surface area contributed by atoms with E-state index >= 15 is 0 Å². The van der Waals surface area contributed by atoms with Gasteiger partial charge in [0.15, 0.2) is 0 Å². The average molecular weight is 190 g/mol. The molecule has 0 aliphatic carbocycles. The molecule has 0 fully saturated rings. The highest BCUT2D eigenvalue weighted by molar-refractivity contribution is 5.42. The number of halogens is 3. The first-order chi connectivity index (χ1) is 5.82. The van der Waals surface area contributed by atoms with Crippen LogP contribution in [0.5, 0.6) is 5.75 Å². The Morgan fingerprint density at radius 1 is 1.08 bits per heavy atom. The van der Waals surface area contributed by atoms with E-state index in [1.54, 1.807) is 13.8 Å². The number of rotatable bonds is 0. The van der Waals surface area contributed by atoms with Crippen molar-refractivity contribution in [2.75, 3.05) is 0 Å². The molecule has 0 spiro atoms. The summed E-state index contributed by atoms with van der Waals surface area (Å²) in [4.78, 5) is 0. The summed E-state index contributed by atoms with van der Waals surface area (Å²) in [6, 6.07) is 2.07. The van der Waals surface area contributed by atoms with Crippen LogP contribution >= 0.6 is 0 Å². The summed E-state index contributed by atoms with van der Waals surface area (Å²) >= 11 is 0. The van der Waals surface area contributed by atoms with Gasteiger partial charge in [0.1, 0.15) is 5.75 Å². The van der Waals surface area contributed by atoms with Crippen LogP contribution in [0.15, 0.2) is 12.1 Å². The van der Waals surface area contributed by atoms with Gasteiger partial charge in [-0.3, -0.25) is 0 Å². The Kier molecular flexibility index (Phi) is 2.24. The highest BCUT2D eigenvalue weighted by Gasteiger charge is 2.34. The molecule has 1 nitrogen and oxygen atoms in total. The van der Waals surface area contributed by atoms with Crippen molar-refractivity contribution in [2.24, 2.45) is 0 Å². The zero-order valence-electron chi connectivity index (χ0n) is 7.24. The van der Waals surface area contributed by atoms with Gasteiger partial charge in [0.05, 0.1) is 5.56 Å². The van der Waals surface area contributed by atoms with Crippen LogP contribution in [0.4, 0.5) is 13.2 Å². The van der Waals surface area contributed by atoms with Gasteiger partial charge in [-0.05, 0) is 37.1 Å². The lowest BCUT2D eigenvalue weighted by atomic mass is 10.1. The molecule has 0 amide bonds. The van der Waals surface area contributed by atoms with E-state index in [0.29, 0.717) is 11.1 Å². The quantitative estimate of drug-likeness (QED) is 0.666. The van der Waals surface area contributed by atoms with E-state index in [1.165, 1.54) is 0 Å². The van der Waals surface area contributed by atoms with Crippen molar-refractivity contribution in [3.8, 4) is 5.75 Å². The Bertz CT molecular complexity index is 328. The lowest BCUT2D eigenvalue weighted by molar-refractivity contribution is -0.138. The smallest absolute Gasteiger partial charge is 0.419 e. The van der Waals surface area contributed by atoms with Gasteiger partial charge in [0.25, 0.3) is 0 Å². The first-order valence-corrected chi connectivity index (χ1v) is 3.70. The topological polar surface area (TPSA) is 20.2 Å². The monoisotopic (exact) mass is 190 g/mol. The molecule has 1 rings (SSSR count). The predicted octanol–water partition coefficient (Wildman–Crippen LogP) is 3.03. The van der Waals surface area contributed by atoms with Crippen LogP contribution in [-0.2, 0) is 6.18 Å². The lowest BCUT2D eigenvalue weighted by Crippen LogP contribution is -2.06. The number of phenols is 1. The summed E-state index contributed by atoms with van der Waals surface area (Å²) in [5.74, 6) is -0.712. The summed E-state index contributed by atoms with van der Waals surface area (Å²) in [5, 5.41) is 9.03. The molecule has 0 heterocycles. The van der Waals surface area contributed by atoms with Crippen molar-refractivity contribution in [3.63, 3.8) is 0 Å². The maximum atomic E-state index is 12.2. The zero-order chi connectivity index (χ0) is 10.2. The van der Waals surface area contributed by atoms with Gasteiger partial charge in [0, 0.05) is 0 Å². The van der Waals surface area contributed by atoms with Crippen molar-refractivity contribution in [3.05, 3.63) is 28.8 Å². The molecule has 4 heteroatoms. The summed E-state index contributed by atoms with van der Waals surface area (Å²) < 4.78 is 36.6. The Labute approximate surface area is 73.8 Å². The van der Waals surface area contributed by atoms with Gasteiger partial charge in [-0.25, -0.2) is 0 Å². The predicted molar refractivity (Wildman–Crippen MR) is 42.6 cm³/mol. The van der Waals surface area contributed by atoms with Gasteiger partial charge in [0.2, 0.25) is 0 Å². The largest absolute Gasteiger partial charge is 0.507 e. The summed E-state index contributed by atoms with van der Waals surface area (Å²) in [6.07, 6.45) is -4.48. The van der Waals surface area contributed by atoms with Crippen LogP contribution in [0, 0.1) is 13.8 Å². The van der Waals surface area contributed by atoms with Crippen LogP contribution in [-0.4, -0.2) is 5.11 Å². The molecule has 0 aromatic heterocycles. The number of phenolic OH excluding ortho intramolecular Hbond substituents is 1. The molecule has 0 unspecified atom stereocenters. The van der Waals surface area contributed by atoms with E-state index in [9.17, 15) is 13.2 Å². The molecular formula is C9H9F3O. The minimum Gasteiger partial charge on any atom is -0.507 e. The number of aryl methyl sites for hydroxylation is 2. The number of hydrogen-bond donors (Lipinski definition) is 1. The van der Waals surface area contributed by atoms with E-state index < -0.39 is 17.5 Å². The summed E-state index contributed by atoms with van der Waals surface area (Å²) in [5.41, 5.74) is 0.186. The van der Waals surface area contributed by atoms with Gasteiger partial charge in [-0.1, -0.05) is 0 Å². The van der Waals surface area contributed by atoms with Crippen molar-refractivity contribution in [1.82, 2.24) is 0 Å². The van der Waals surface area contributed by atoms with Crippen molar-refractivity contribution in [1.29, 1.82) is 0 Å². The third-order valence-electron chi connectivity index (χ3n) is 1.92. The molecule has 72 valence electrons. The molecule has 1 aromatic carbocycles. The molecule has 1 aromatic rings. The molecular weight excluding hydrogens is 181 g/mol. The Morgan fingerprint density at radius 3 is 2.00 bits per heavy atom. The second-order valence-corrected chi connectivity index (χ2v) is 2.95. The molecule has 0 bridgehead atoms. The van der Waals surface area contributed by atoms with E-state index in [0.717, 1.165) is 12.1 Å². The Balaban J connectivity index is 3.32. The highest BCUT2D eigenvalue weighted by Crippen LogP contribution is 2.36. The minimum absolute atomic E-state index is 0.519. The number of aromatic hydroxyl groups is 1. The third-order valence-corrected chi connectivity index (χ3v) is 1.92. The number of hydrogen-bond acceptors (Lipinski definition) is 1. The van der Waals surface area contributed by atoms with Gasteiger partial charge in [-0.2, -0.15) is 13.2 Å². The van der Waals surface area contributed by atoms with Crippen LogP contribution in [0.2, 0.25) is 0 Å². The standard InChI is InChI=1S/C9H9F3O/c1-5-3-7(9(10,11)12)8(13)4-6(5)2/h3-4,13H,1-2H3. The maximum absolute atomic E-state index is 12.2. The zero-order valence-corrected chi connectivity index (χ0v) is 7.24. The fourth-order valence-corrected chi connectivity index (χ4v) is 1.03. The lowest BCUT2D eigenvalue weighted by Gasteiger charge is -2.11. The molecule has 13 heavy (non-hydrogen) atoms. The van der Waals surface area contributed by atoms with E-state index in [1.807, 2.05) is 0 Å². The highest BCUT2D eigenvalue weighted by atomic mass is 19.4. The van der Waals surface area contributed by atoms with Gasteiger partial charge < -0.3 is 5.11 Å². The second kappa shape index (κ2) is 2.94. The van der Waals surface area contributed by atoms with Crippen molar-refractivity contribution < 1.29 is 18.3 Å². The Morgan fingerprint density at radius 2 is 1.54 bits per heavy atom. The van der Waals surface area contributed by atoms with Gasteiger partial charge >= 0.3 is 6.18 Å². The van der Waals surface area contributed by atoms with Crippen molar-refractivity contribution in [2.45, 2.75) is 20.0 Å². The average Bonchev–Trinajstić information content (AvgIpc) is 1.94. The first kappa shape index (κ1) is 9.89. The van der Waals surface area contributed by atoms with Crippen molar-refractivity contribution >= 4 is 0 Å². The van der Waals surface area contributed by atoms with Gasteiger partial charge in [-0.15, -0.1) is 0 Å². The summed E-state index contributed by atoms with van der Waals surface area (Å²) in [7, 11) is 0. The fraction of sp³-hybridized carbons (Fsp3) is 0.333. The molecule has 1 N–H and O–H groups in total. The fourth-order valence-electron chi connectivity index (χ4n) is 1.03. The first-order valence-electron chi connectivity index (χ1n) is 3.70. The second-order valence-electron chi connectivity index (χ2n) is 2.95. The van der Waals surface area contributed by atoms with E-state index in [4.69, 9.17) is 5.11 Å². The molecule has 0 aliphatic rings.